The van der Waals surface area contributed by atoms with Crippen LogP contribution in [0.5, 0.6) is 0 Å². The first-order valence-corrected chi connectivity index (χ1v) is 12.2. The van der Waals surface area contributed by atoms with Gasteiger partial charge in [-0.05, 0) is 61.5 Å². The van der Waals surface area contributed by atoms with Crippen molar-refractivity contribution >= 4 is 33.2 Å². The number of anilines is 2. The van der Waals surface area contributed by atoms with E-state index in [1.807, 2.05) is 6.92 Å². The van der Waals surface area contributed by atoms with Crippen LogP contribution in [0.2, 0.25) is 0 Å². The third-order valence-electron chi connectivity index (χ3n) is 5.13. The highest BCUT2D eigenvalue weighted by molar-refractivity contribution is 7.92. The topological polar surface area (TPSA) is 118 Å². The van der Waals surface area contributed by atoms with Crippen molar-refractivity contribution in [1.29, 1.82) is 0 Å². The summed E-state index contributed by atoms with van der Waals surface area (Å²) in [6, 6.07) is 22.6. The van der Waals surface area contributed by atoms with Gasteiger partial charge in [-0.2, -0.15) is 0 Å². The molecule has 178 valence electrons. The number of nitrogens with one attached hydrogen (secondary N) is 3. The molecule has 4 aromatic rings. The SMILES string of the molecule is Cc1ccc(S(=O)(=O)Nc2cccc(C(=O)Nc3ccccc3C(=O)NCc3ccco3)c2)cc1. The van der Waals surface area contributed by atoms with E-state index in [0.717, 1.165) is 5.56 Å². The number of carbonyl (C=O) groups excluding carboxylic acids is 2. The molecular weight excluding hydrogens is 466 g/mol. The molecule has 0 aliphatic rings. The highest BCUT2D eigenvalue weighted by Crippen LogP contribution is 2.20. The van der Waals surface area contributed by atoms with Crippen molar-refractivity contribution in [2.75, 3.05) is 10.0 Å². The Bertz CT molecular complexity index is 1450. The lowest BCUT2D eigenvalue weighted by Gasteiger charge is -2.12. The number of aryl methyl sites for hydroxylation is 1. The average molecular weight is 490 g/mol. The Kier molecular flexibility index (Phi) is 6.98. The van der Waals surface area contributed by atoms with Gasteiger partial charge in [-0.1, -0.05) is 35.9 Å². The van der Waals surface area contributed by atoms with Crippen molar-refractivity contribution in [3.05, 3.63) is 114 Å². The number of para-hydroxylation sites is 1. The average Bonchev–Trinajstić information content (AvgIpc) is 3.37. The molecule has 0 aliphatic heterocycles. The molecule has 0 aliphatic carbocycles. The number of furan rings is 1. The molecule has 0 bridgehead atoms. The van der Waals surface area contributed by atoms with E-state index in [-0.39, 0.29) is 34.2 Å². The molecule has 1 aromatic heterocycles. The van der Waals surface area contributed by atoms with Gasteiger partial charge in [-0.15, -0.1) is 0 Å². The minimum atomic E-state index is -3.82. The molecule has 0 saturated carbocycles. The Labute approximate surface area is 203 Å². The Morgan fingerprint density at radius 3 is 2.37 bits per heavy atom. The third kappa shape index (κ3) is 5.96. The van der Waals surface area contributed by atoms with Crippen molar-refractivity contribution in [3.63, 3.8) is 0 Å². The van der Waals surface area contributed by atoms with Crippen LogP contribution in [0.25, 0.3) is 0 Å². The summed E-state index contributed by atoms with van der Waals surface area (Å²) < 4.78 is 33.1. The van der Waals surface area contributed by atoms with E-state index in [0.29, 0.717) is 11.4 Å². The zero-order chi connectivity index (χ0) is 24.8. The van der Waals surface area contributed by atoms with Gasteiger partial charge in [0, 0.05) is 11.3 Å². The van der Waals surface area contributed by atoms with Gasteiger partial charge in [0.15, 0.2) is 0 Å². The van der Waals surface area contributed by atoms with Crippen molar-refractivity contribution in [3.8, 4) is 0 Å². The van der Waals surface area contributed by atoms with Crippen LogP contribution in [-0.2, 0) is 16.6 Å². The molecule has 0 radical (unpaired) electrons. The monoisotopic (exact) mass is 489 g/mol. The van der Waals surface area contributed by atoms with E-state index in [9.17, 15) is 18.0 Å². The van der Waals surface area contributed by atoms with E-state index in [4.69, 9.17) is 4.42 Å². The molecular formula is C26H23N3O5S. The maximum absolute atomic E-state index is 12.9. The maximum Gasteiger partial charge on any atom is 0.261 e. The smallest absolute Gasteiger partial charge is 0.261 e. The fraction of sp³-hybridized carbons (Fsp3) is 0.0769. The number of amides is 2. The first-order chi connectivity index (χ1) is 16.8. The number of sulfonamides is 1. The maximum atomic E-state index is 12.9. The molecule has 3 aromatic carbocycles. The van der Waals surface area contributed by atoms with Crippen molar-refractivity contribution in [1.82, 2.24) is 5.32 Å². The number of carbonyl (C=O) groups is 2. The van der Waals surface area contributed by atoms with Crippen LogP contribution >= 0.6 is 0 Å². The highest BCUT2D eigenvalue weighted by atomic mass is 32.2. The lowest BCUT2D eigenvalue weighted by Crippen LogP contribution is -2.24. The fourth-order valence-corrected chi connectivity index (χ4v) is 4.37. The van der Waals surface area contributed by atoms with Gasteiger partial charge < -0.3 is 15.1 Å². The Hall–Kier alpha value is -4.37. The summed E-state index contributed by atoms with van der Waals surface area (Å²) in [5.41, 5.74) is 2.00. The minimum Gasteiger partial charge on any atom is -0.467 e. The molecule has 1 heterocycles. The summed E-state index contributed by atoms with van der Waals surface area (Å²) in [6.45, 7) is 2.07. The second-order valence-corrected chi connectivity index (χ2v) is 9.44. The standard InChI is InChI=1S/C26H23N3O5S/c1-18-11-13-22(14-12-18)35(32,33)29-20-7-4-6-19(16-20)25(30)28-24-10-3-2-9-23(24)26(31)27-17-21-8-5-15-34-21/h2-16,29H,17H2,1H3,(H,27,31)(H,28,30). The van der Waals surface area contributed by atoms with E-state index in [1.54, 1.807) is 66.7 Å². The van der Waals surface area contributed by atoms with Gasteiger partial charge in [-0.3, -0.25) is 14.3 Å². The molecule has 0 atom stereocenters. The van der Waals surface area contributed by atoms with Gasteiger partial charge in [0.2, 0.25) is 0 Å². The van der Waals surface area contributed by atoms with Crippen LogP contribution < -0.4 is 15.4 Å². The normalized spacial score (nSPS) is 11.0. The summed E-state index contributed by atoms with van der Waals surface area (Å²) in [7, 11) is -3.82. The molecule has 2 amide bonds. The van der Waals surface area contributed by atoms with E-state index >= 15 is 0 Å². The Morgan fingerprint density at radius 1 is 0.857 bits per heavy atom. The second kappa shape index (κ2) is 10.3. The van der Waals surface area contributed by atoms with Gasteiger partial charge in [-0.25, -0.2) is 8.42 Å². The van der Waals surface area contributed by atoms with Crippen LogP contribution in [0.1, 0.15) is 32.0 Å². The Morgan fingerprint density at radius 2 is 1.63 bits per heavy atom. The van der Waals surface area contributed by atoms with Gasteiger partial charge in [0.1, 0.15) is 5.76 Å². The second-order valence-electron chi connectivity index (χ2n) is 7.76. The van der Waals surface area contributed by atoms with E-state index in [1.165, 1.54) is 24.5 Å². The molecule has 0 spiro atoms. The first-order valence-electron chi connectivity index (χ1n) is 10.7. The molecule has 3 N–H and O–H groups in total. The van der Waals surface area contributed by atoms with Crippen LogP contribution in [0, 0.1) is 6.92 Å². The quantitative estimate of drug-likeness (QED) is 0.335. The van der Waals surface area contributed by atoms with Crippen LogP contribution in [0.3, 0.4) is 0 Å². The lowest BCUT2D eigenvalue weighted by molar-refractivity contribution is 0.0949. The number of hydrogen-bond acceptors (Lipinski definition) is 5. The summed E-state index contributed by atoms with van der Waals surface area (Å²) in [5, 5.41) is 5.48. The first kappa shape index (κ1) is 23.8. The minimum absolute atomic E-state index is 0.118. The van der Waals surface area contributed by atoms with Crippen molar-refractivity contribution in [2.24, 2.45) is 0 Å². The predicted molar refractivity (Wildman–Crippen MR) is 133 cm³/mol. The van der Waals surface area contributed by atoms with Gasteiger partial charge >= 0.3 is 0 Å². The van der Waals surface area contributed by atoms with Crippen molar-refractivity contribution in [2.45, 2.75) is 18.4 Å². The zero-order valence-electron chi connectivity index (χ0n) is 18.8. The molecule has 35 heavy (non-hydrogen) atoms. The fourth-order valence-electron chi connectivity index (χ4n) is 3.32. The van der Waals surface area contributed by atoms with E-state index in [2.05, 4.69) is 15.4 Å². The number of benzene rings is 3. The Balaban J connectivity index is 1.48. The molecule has 0 saturated heterocycles. The summed E-state index contributed by atoms with van der Waals surface area (Å²) in [6.07, 6.45) is 1.52. The molecule has 9 heteroatoms. The molecule has 4 rings (SSSR count). The third-order valence-corrected chi connectivity index (χ3v) is 6.53. The largest absolute Gasteiger partial charge is 0.467 e. The summed E-state index contributed by atoms with van der Waals surface area (Å²) in [5.74, 6) is -0.269. The molecule has 8 nitrogen and oxygen atoms in total. The lowest BCUT2D eigenvalue weighted by atomic mass is 10.1. The zero-order valence-corrected chi connectivity index (χ0v) is 19.6. The highest BCUT2D eigenvalue weighted by Gasteiger charge is 2.17. The molecule has 0 fully saturated rings. The summed E-state index contributed by atoms with van der Waals surface area (Å²) >= 11 is 0. The predicted octanol–water partition coefficient (Wildman–Crippen LogP) is 4.57. The van der Waals surface area contributed by atoms with Gasteiger partial charge in [0.05, 0.1) is 29.0 Å². The summed E-state index contributed by atoms with van der Waals surface area (Å²) in [4.78, 5) is 25.7. The van der Waals surface area contributed by atoms with Crippen LogP contribution in [0.15, 0.2) is 101 Å². The van der Waals surface area contributed by atoms with Gasteiger partial charge in [0.25, 0.3) is 21.8 Å². The van der Waals surface area contributed by atoms with E-state index < -0.39 is 15.9 Å². The van der Waals surface area contributed by atoms with Crippen molar-refractivity contribution < 1.29 is 22.4 Å². The van der Waals surface area contributed by atoms with Crippen LogP contribution in [-0.4, -0.2) is 20.2 Å². The number of rotatable bonds is 8. The number of hydrogen-bond donors (Lipinski definition) is 3. The van der Waals surface area contributed by atoms with Crippen LogP contribution in [0.4, 0.5) is 11.4 Å². The molecule has 0 unspecified atom stereocenters.